The summed E-state index contributed by atoms with van der Waals surface area (Å²) in [6.07, 6.45) is 1.65. The molecule has 0 fully saturated rings. The highest BCUT2D eigenvalue weighted by Crippen LogP contribution is 2.20. The molecule has 0 radical (unpaired) electrons. The zero-order chi connectivity index (χ0) is 11.9. The van der Waals surface area contributed by atoms with E-state index < -0.39 is 0 Å². The van der Waals surface area contributed by atoms with E-state index in [1.54, 1.807) is 6.21 Å². The van der Waals surface area contributed by atoms with Gasteiger partial charge in [0.25, 0.3) is 0 Å². The van der Waals surface area contributed by atoms with Crippen molar-refractivity contribution >= 4 is 6.21 Å². The number of oxime groups is 1. The molecule has 0 aliphatic rings. The first-order chi connectivity index (χ1) is 8.38. The molecule has 0 N–H and O–H groups in total. The molecule has 0 amide bonds. The van der Waals surface area contributed by atoms with Gasteiger partial charge >= 0.3 is 0 Å². The van der Waals surface area contributed by atoms with Crippen molar-refractivity contribution in [2.75, 3.05) is 7.11 Å². The molecule has 2 aromatic carbocycles. The van der Waals surface area contributed by atoms with Gasteiger partial charge < -0.3 is 9.57 Å². The Kier molecular flexibility index (Phi) is 3.76. The van der Waals surface area contributed by atoms with Crippen LogP contribution >= 0.6 is 0 Å². The van der Waals surface area contributed by atoms with Crippen LogP contribution in [-0.2, 0) is 4.84 Å². The van der Waals surface area contributed by atoms with Gasteiger partial charge in [-0.1, -0.05) is 23.4 Å². The van der Waals surface area contributed by atoms with Gasteiger partial charge in [-0.05, 0) is 42.0 Å². The van der Waals surface area contributed by atoms with E-state index >= 15 is 0 Å². The molecular weight excluding hydrogens is 214 g/mol. The van der Waals surface area contributed by atoms with Crippen molar-refractivity contribution < 1.29 is 9.57 Å². The van der Waals surface area contributed by atoms with E-state index in [4.69, 9.17) is 4.74 Å². The van der Waals surface area contributed by atoms with Gasteiger partial charge in [0.15, 0.2) is 0 Å². The maximum atomic E-state index is 5.66. The molecule has 86 valence electrons. The minimum Gasteiger partial charge on any atom is -0.457 e. The van der Waals surface area contributed by atoms with Crippen molar-refractivity contribution in [3.05, 3.63) is 60.2 Å². The van der Waals surface area contributed by atoms with Gasteiger partial charge in [0.1, 0.15) is 18.6 Å². The van der Waals surface area contributed by atoms with Crippen LogP contribution in [0.15, 0.2) is 59.8 Å². The molecule has 0 heterocycles. The summed E-state index contributed by atoms with van der Waals surface area (Å²) >= 11 is 0. The largest absolute Gasteiger partial charge is 0.457 e. The third kappa shape index (κ3) is 3.34. The molecule has 0 unspecified atom stereocenters. The first-order valence-electron chi connectivity index (χ1n) is 5.28. The summed E-state index contributed by atoms with van der Waals surface area (Å²) in [6, 6.07) is 17.3. The topological polar surface area (TPSA) is 30.8 Å². The number of para-hydroxylation sites is 1. The van der Waals surface area contributed by atoms with Crippen molar-refractivity contribution in [2.24, 2.45) is 5.16 Å². The Bertz CT molecular complexity index is 477. The second-order valence-corrected chi connectivity index (χ2v) is 3.40. The van der Waals surface area contributed by atoms with Gasteiger partial charge in [0.05, 0.1) is 6.21 Å². The van der Waals surface area contributed by atoms with Crippen molar-refractivity contribution in [3.8, 4) is 11.5 Å². The minimum atomic E-state index is 0.797. The van der Waals surface area contributed by atoms with E-state index in [2.05, 4.69) is 9.99 Å². The predicted octanol–water partition coefficient (Wildman–Crippen LogP) is 3.46. The lowest BCUT2D eigenvalue weighted by atomic mass is 10.2. The molecule has 0 saturated heterocycles. The monoisotopic (exact) mass is 227 g/mol. The third-order valence-electron chi connectivity index (χ3n) is 2.17. The number of benzene rings is 2. The highest BCUT2D eigenvalue weighted by atomic mass is 16.6. The molecule has 0 aromatic heterocycles. The Labute approximate surface area is 100 Å². The van der Waals surface area contributed by atoms with E-state index in [1.165, 1.54) is 7.11 Å². The van der Waals surface area contributed by atoms with Gasteiger partial charge in [-0.15, -0.1) is 0 Å². The summed E-state index contributed by atoms with van der Waals surface area (Å²) in [7, 11) is 1.52. The molecule has 0 saturated carbocycles. The SMILES string of the molecule is CON=Cc1ccc(Oc2ccccc2)cc1. The molecule has 0 bridgehead atoms. The predicted molar refractivity (Wildman–Crippen MR) is 67.6 cm³/mol. The molecule has 2 rings (SSSR count). The highest BCUT2D eigenvalue weighted by molar-refractivity contribution is 5.79. The summed E-state index contributed by atoms with van der Waals surface area (Å²) in [5.74, 6) is 1.62. The standard InChI is InChI=1S/C14H13NO2/c1-16-15-11-12-7-9-14(10-8-12)17-13-5-3-2-4-6-13/h2-11H,1H3. The van der Waals surface area contributed by atoms with E-state index in [0.717, 1.165) is 17.1 Å². The lowest BCUT2D eigenvalue weighted by Crippen LogP contribution is -1.85. The number of ether oxygens (including phenoxy) is 1. The van der Waals surface area contributed by atoms with Crippen molar-refractivity contribution in [2.45, 2.75) is 0 Å². The van der Waals surface area contributed by atoms with E-state index in [9.17, 15) is 0 Å². The van der Waals surface area contributed by atoms with Crippen molar-refractivity contribution in [3.63, 3.8) is 0 Å². The smallest absolute Gasteiger partial charge is 0.127 e. The van der Waals surface area contributed by atoms with E-state index in [-0.39, 0.29) is 0 Å². The van der Waals surface area contributed by atoms with Gasteiger partial charge in [-0.3, -0.25) is 0 Å². The molecule has 17 heavy (non-hydrogen) atoms. The van der Waals surface area contributed by atoms with Crippen LogP contribution in [-0.4, -0.2) is 13.3 Å². The number of nitrogens with zero attached hydrogens (tertiary/aromatic N) is 1. The van der Waals surface area contributed by atoms with Crippen LogP contribution in [0.2, 0.25) is 0 Å². The Morgan fingerprint density at radius 2 is 1.53 bits per heavy atom. The number of hydrogen-bond donors (Lipinski definition) is 0. The molecule has 0 aliphatic heterocycles. The average molecular weight is 227 g/mol. The normalized spacial score (nSPS) is 10.4. The molecule has 2 aromatic rings. The van der Waals surface area contributed by atoms with Crippen LogP contribution in [0.25, 0.3) is 0 Å². The lowest BCUT2D eigenvalue weighted by molar-refractivity contribution is 0.215. The van der Waals surface area contributed by atoms with Gasteiger partial charge in [0, 0.05) is 0 Å². The first kappa shape index (κ1) is 11.2. The van der Waals surface area contributed by atoms with Crippen molar-refractivity contribution in [1.82, 2.24) is 0 Å². The summed E-state index contributed by atoms with van der Waals surface area (Å²) in [4.78, 5) is 4.61. The van der Waals surface area contributed by atoms with Crippen LogP contribution in [0.4, 0.5) is 0 Å². The second kappa shape index (κ2) is 5.70. The first-order valence-corrected chi connectivity index (χ1v) is 5.28. The molecular formula is C14H13NO2. The van der Waals surface area contributed by atoms with E-state index in [0.29, 0.717) is 0 Å². The maximum absolute atomic E-state index is 5.66. The summed E-state index contributed by atoms with van der Waals surface area (Å²) in [5, 5.41) is 3.69. The number of rotatable bonds is 4. The molecule has 3 nitrogen and oxygen atoms in total. The fourth-order valence-corrected chi connectivity index (χ4v) is 1.36. The van der Waals surface area contributed by atoms with Gasteiger partial charge in [-0.25, -0.2) is 0 Å². The summed E-state index contributed by atoms with van der Waals surface area (Å²) in [6.45, 7) is 0. The van der Waals surface area contributed by atoms with Crippen molar-refractivity contribution in [1.29, 1.82) is 0 Å². The Morgan fingerprint density at radius 1 is 0.882 bits per heavy atom. The fraction of sp³-hybridized carbons (Fsp3) is 0.0714. The Morgan fingerprint density at radius 3 is 2.18 bits per heavy atom. The Balaban J connectivity index is 2.06. The third-order valence-corrected chi connectivity index (χ3v) is 2.17. The van der Waals surface area contributed by atoms with Crippen LogP contribution in [0, 0.1) is 0 Å². The fourth-order valence-electron chi connectivity index (χ4n) is 1.36. The average Bonchev–Trinajstić information content (AvgIpc) is 2.39. The second-order valence-electron chi connectivity index (χ2n) is 3.40. The molecule has 0 aliphatic carbocycles. The lowest BCUT2D eigenvalue weighted by Gasteiger charge is -2.04. The quantitative estimate of drug-likeness (QED) is 0.591. The molecule has 3 heteroatoms. The summed E-state index contributed by atoms with van der Waals surface area (Å²) < 4.78 is 5.66. The number of hydrogen-bond acceptors (Lipinski definition) is 3. The molecule has 0 atom stereocenters. The van der Waals surface area contributed by atoms with Crippen LogP contribution in [0.1, 0.15) is 5.56 Å². The van der Waals surface area contributed by atoms with Crippen LogP contribution in [0.3, 0.4) is 0 Å². The van der Waals surface area contributed by atoms with Gasteiger partial charge in [0.2, 0.25) is 0 Å². The van der Waals surface area contributed by atoms with Crippen LogP contribution in [0.5, 0.6) is 11.5 Å². The Hall–Kier alpha value is -2.29. The minimum absolute atomic E-state index is 0.797. The highest BCUT2D eigenvalue weighted by Gasteiger charge is 1.95. The summed E-state index contributed by atoms with van der Waals surface area (Å²) in [5.41, 5.74) is 0.965. The maximum Gasteiger partial charge on any atom is 0.127 e. The van der Waals surface area contributed by atoms with E-state index in [1.807, 2.05) is 54.6 Å². The zero-order valence-corrected chi connectivity index (χ0v) is 9.54. The zero-order valence-electron chi connectivity index (χ0n) is 9.54. The van der Waals surface area contributed by atoms with Crippen LogP contribution < -0.4 is 4.74 Å². The van der Waals surface area contributed by atoms with Gasteiger partial charge in [-0.2, -0.15) is 0 Å². The molecule has 0 spiro atoms.